The maximum absolute atomic E-state index is 12.5. The molecular formula is C20H15Cl2NO2S2. The van der Waals surface area contributed by atoms with Gasteiger partial charge in [0.25, 0.3) is 0 Å². The Hall–Kier alpha value is -1.79. The molecule has 7 heteroatoms. The molecule has 0 N–H and O–H groups in total. The van der Waals surface area contributed by atoms with Gasteiger partial charge in [0, 0.05) is 16.3 Å². The average Bonchev–Trinajstić information content (AvgIpc) is 3.35. The number of halogens is 2. The van der Waals surface area contributed by atoms with Crippen LogP contribution < -0.4 is 0 Å². The summed E-state index contributed by atoms with van der Waals surface area (Å²) in [5.74, 6) is -0.321. The van der Waals surface area contributed by atoms with E-state index in [4.69, 9.17) is 27.9 Å². The summed E-state index contributed by atoms with van der Waals surface area (Å²) in [6.07, 6.45) is 0. The molecule has 3 aromatic heterocycles. The second kappa shape index (κ2) is 7.68. The summed E-state index contributed by atoms with van der Waals surface area (Å²) in [5.41, 5.74) is 2.52. The fourth-order valence-electron chi connectivity index (χ4n) is 2.95. The second-order valence-electron chi connectivity index (χ2n) is 5.92. The summed E-state index contributed by atoms with van der Waals surface area (Å²) in [6.45, 7) is 2.65. The van der Waals surface area contributed by atoms with E-state index in [2.05, 4.69) is 17.5 Å². The third-order valence-corrected chi connectivity index (χ3v) is 7.04. The van der Waals surface area contributed by atoms with Crippen LogP contribution in [0.25, 0.3) is 20.0 Å². The lowest BCUT2D eigenvalue weighted by atomic mass is 10.2. The number of aromatic nitrogens is 1. The van der Waals surface area contributed by atoms with Gasteiger partial charge in [-0.1, -0.05) is 35.3 Å². The monoisotopic (exact) mass is 435 g/mol. The first-order valence-corrected chi connectivity index (χ1v) is 10.8. The molecule has 0 fully saturated rings. The topological polar surface area (TPSA) is 31.2 Å². The third kappa shape index (κ3) is 3.65. The number of rotatable bonds is 5. The van der Waals surface area contributed by atoms with Gasteiger partial charge in [-0.25, -0.2) is 4.79 Å². The standard InChI is InChI=1S/C20H15Cl2NO2S2/c1-2-25-20(24)16-10-18-15(9-19(27-18)17-4-3-7-26-17)23(16)11-12-5-6-13(21)14(22)8-12/h3-10H,2,11H2,1H3. The Labute approximate surface area is 174 Å². The SMILES string of the molecule is CCOC(=O)c1cc2sc(-c3cccs3)cc2n1Cc1ccc(Cl)c(Cl)c1. The number of hydrogen-bond donors (Lipinski definition) is 0. The molecule has 3 heterocycles. The van der Waals surface area contributed by atoms with Gasteiger partial charge in [0.15, 0.2) is 0 Å². The Bertz CT molecular complexity index is 1110. The van der Waals surface area contributed by atoms with Crippen molar-refractivity contribution in [3.8, 4) is 9.75 Å². The molecule has 3 nitrogen and oxygen atoms in total. The van der Waals surface area contributed by atoms with E-state index in [1.807, 2.05) is 28.8 Å². The molecule has 1 aromatic carbocycles. The van der Waals surface area contributed by atoms with Gasteiger partial charge < -0.3 is 9.30 Å². The molecule has 0 aliphatic carbocycles. The van der Waals surface area contributed by atoms with Gasteiger partial charge in [-0.3, -0.25) is 0 Å². The minimum absolute atomic E-state index is 0.321. The molecule has 138 valence electrons. The number of benzene rings is 1. The summed E-state index contributed by atoms with van der Waals surface area (Å²) >= 11 is 15.6. The van der Waals surface area contributed by atoms with E-state index in [0.29, 0.717) is 28.9 Å². The summed E-state index contributed by atoms with van der Waals surface area (Å²) in [4.78, 5) is 14.9. The van der Waals surface area contributed by atoms with Crippen LogP contribution in [-0.4, -0.2) is 17.1 Å². The lowest BCUT2D eigenvalue weighted by Gasteiger charge is -2.10. The molecular weight excluding hydrogens is 421 g/mol. The zero-order chi connectivity index (χ0) is 19.0. The number of carbonyl (C=O) groups is 1. The van der Waals surface area contributed by atoms with Crippen LogP contribution in [0.4, 0.5) is 0 Å². The predicted molar refractivity (Wildman–Crippen MR) is 115 cm³/mol. The highest BCUT2D eigenvalue weighted by Crippen LogP contribution is 2.38. The van der Waals surface area contributed by atoms with Gasteiger partial charge in [-0.05, 0) is 48.2 Å². The highest BCUT2D eigenvalue weighted by Gasteiger charge is 2.20. The molecule has 0 aliphatic rings. The molecule has 0 radical (unpaired) electrons. The van der Waals surface area contributed by atoms with Crippen LogP contribution in [0.3, 0.4) is 0 Å². The van der Waals surface area contributed by atoms with Gasteiger partial charge in [-0.15, -0.1) is 22.7 Å². The van der Waals surface area contributed by atoms with Crippen molar-refractivity contribution in [1.29, 1.82) is 0 Å². The zero-order valence-electron chi connectivity index (χ0n) is 14.4. The van der Waals surface area contributed by atoms with Crippen molar-refractivity contribution in [1.82, 2.24) is 4.57 Å². The van der Waals surface area contributed by atoms with Gasteiger partial charge in [-0.2, -0.15) is 0 Å². The van der Waals surface area contributed by atoms with Crippen molar-refractivity contribution in [2.75, 3.05) is 6.61 Å². The second-order valence-corrected chi connectivity index (χ2v) is 8.77. The van der Waals surface area contributed by atoms with Crippen LogP contribution in [0, 0.1) is 0 Å². The van der Waals surface area contributed by atoms with E-state index < -0.39 is 0 Å². The molecule has 27 heavy (non-hydrogen) atoms. The van der Waals surface area contributed by atoms with Crippen LogP contribution in [0.2, 0.25) is 10.0 Å². The first kappa shape index (κ1) is 18.6. The molecule has 0 saturated carbocycles. The van der Waals surface area contributed by atoms with Crippen LogP contribution >= 0.6 is 45.9 Å². The maximum atomic E-state index is 12.5. The number of ether oxygens (including phenoxy) is 1. The van der Waals surface area contributed by atoms with Gasteiger partial charge in [0.1, 0.15) is 5.69 Å². The number of thiophene rings is 2. The lowest BCUT2D eigenvalue weighted by molar-refractivity contribution is 0.0515. The Morgan fingerprint density at radius 1 is 1.11 bits per heavy atom. The van der Waals surface area contributed by atoms with Gasteiger partial charge in [0.05, 0.1) is 26.9 Å². The molecule has 0 saturated heterocycles. The first-order chi connectivity index (χ1) is 13.1. The van der Waals surface area contributed by atoms with Gasteiger partial charge >= 0.3 is 5.97 Å². The molecule has 0 spiro atoms. The number of hydrogen-bond acceptors (Lipinski definition) is 4. The average molecular weight is 436 g/mol. The first-order valence-electron chi connectivity index (χ1n) is 8.35. The zero-order valence-corrected chi connectivity index (χ0v) is 17.5. The van der Waals surface area contributed by atoms with E-state index >= 15 is 0 Å². The van der Waals surface area contributed by atoms with E-state index in [-0.39, 0.29) is 5.97 Å². The summed E-state index contributed by atoms with van der Waals surface area (Å²) in [7, 11) is 0. The van der Waals surface area contributed by atoms with Crippen molar-refractivity contribution < 1.29 is 9.53 Å². The molecule has 0 bridgehead atoms. The number of esters is 1. The Morgan fingerprint density at radius 3 is 2.67 bits per heavy atom. The Balaban J connectivity index is 1.81. The summed E-state index contributed by atoms with van der Waals surface area (Å²) in [5, 5.41) is 3.08. The highest BCUT2D eigenvalue weighted by atomic mass is 35.5. The quantitative estimate of drug-likeness (QED) is 0.317. The van der Waals surface area contributed by atoms with Crippen LogP contribution in [0.15, 0.2) is 47.8 Å². The van der Waals surface area contributed by atoms with Crippen molar-refractivity contribution in [3.05, 3.63) is 69.1 Å². The minimum atomic E-state index is -0.321. The molecule has 4 rings (SSSR count). The van der Waals surface area contributed by atoms with Crippen molar-refractivity contribution in [3.63, 3.8) is 0 Å². The highest BCUT2D eigenvalue weighted by molar-refractivity contribution is 7.25. The third-order valence-electron chi connectivity index (χ3n) is 4.16. The predicted octanol–water partition coefficient (Wildman–Crippen LogP) is 6.96. The summed E-state index contributed by atoms with van der Waals surface area (Å²) < 4.78 is 8.29. The van der Waals surface area contributed by atoms with Crippen LogP contribution in [-0.2, 0) is 11.3 Å². The van der Waals surface area contributed by atoms with Gasteiger partial charge in [0.2, 0.25) is 0 Å². The fraction of sp³-hybridized carbons (Fsp3) is 0.150. The normalized spacial score (nSPS) is 11.2. The number of fused-ring (bicyclic) bond motifs is 1. The Kier molecular flexibility index (Phi) is 5.28. The Morgan fingerprint density at radius 2 is 1.96 bits per heavy atom. The molecule has 0 aliphatic heterocycles. The number of nitrogens with zero attached hydrogens (tertiary/aromatic N) is 1. The smallest absolute Gasteiger partial charge is 0.355 e. The molecule has 0 unspecified atom stereocenters. The maximum Gasteiger partial charge on any atom is 0.355 e. The van der Waals surface area contributed by atoms with Crippen molar-refractivity contribution in [2.24, 2.45) is 0 Å². The molecule has 0 atom stereocenters. The van der Waals surface area contributed by atoms with Crippen molar-refractivity contribution >= 4 is 62.1 Å². The molecule has 0 amide bonds. The van der Waals surface area contributed by atoms with E-state index in [9.17, 15) is 4.79 Å². The van der Waals surface area contributed by atoms with E-state index in [1.54, 1.807) is 35.7 Å². The molecule has 4 aromatic rings. The van der Waals surface area contributed by atoms with E-state index in [0.717, 1.165) is 15.8 Å². The van der Waals surface area contributed by atoms with Crippen molar-refractivity contribution in [2.45, 2.75) is 13.5 Å². The fourth-order valence-corrected chi connectivity index (χ4v) is 5.19. The summed E-state index contributed by atoms with van der Waals surface area (Å²) in [6, 6.07) is 13.7. The van der Waals surface area contributed by atoms with Crippen LogP contribution in [0.5, 0.6) is 0 Å². The lowest BCUT2D eigenvalue weighted by Crippen LogP contribution is -2.12. The van der Waals surface area contributed by atoms with E-state index in [1.165, 1.54) is 9.75 Å². The van der Waals surface area contributed by atoms with Crippen LogP contribution in [0.1, 0.15) is 23.0 Å². The minimum Gasteiger partial charge on any atom is -0.461 e. The largest absolute Gasteiger partial charge is 0.461 e. The number of carbonyl (C=O) groups excluding carboxylic acids is 1.